The highest BCUT2D eigenvalue weighted by molar-refractivity contribution is 5.80. The van der Waals surface area contributed by atoms with Gasteiger partial charge in [0, 0.05) is 12.6 Å². The first-order valence-corrected chi connectivity index (χ1v) is 4.74. The summed E-state index contributed by atoms with van der Waals surface area (Å²) in [7, 11) is 0. The van der Waals surface area contributed by atoms with Gasteiger partial charge in [0.25, 0.3) is 0 Å². The maximum Gasteiger partial charge on any atom is 0.305 e. The Hall–Kier alpha value is -1.10. The lowest BCUT2D eigenvalue weighted by atomic mass is 10.1. The fourth-order valence-electron chi connectivity index (χ4n) is 1.74. The molecule has 0 aliphatic carbocycles. The number of rotatable bonds is 4. The number of β-amino-alcohol motifs (C(OH)–C–C–N with tert-alkyl or cyclic N) is 1. The number of amides is 1. The van der Waals surface area contributed by atoms with E-state index in [1.807, 2.05) is 6.92 Å². The number of likely N-dealkylation sites (tertiary alicyclic amines) is 1. The highest BCUT2D eigenvalue weighted by atomic mass is 16.4. The lowest BCUT2D eigenvalue weighted by Crippen LogP contribution is -2.38. The molecule has 2 atom stereocenters. The van der Waals surface area contributed by atoms with Crippen molar-refractivity contribution in [2.75, 3.05) is 6.54 Å². The van der Waals surface area contributed by atoms with Gasteiger partial charge in [0.2, 0.25) is 5.91 Å². The Morgan fingerprint density at radius 2 is 2.36 bits per heavy atom. The van der Waals surface area contributed by atoms with Gasteiger partial charge in [-0.3, -0.25) is 9.59 Å². The fourth-order valence-corrected chi connectivity index (χ4v) is 1.74. The largest absolute Gasteiger partial charge is 0.481 e. The van der Waals surface area contributed by atoms with Gasteiger partial charge in [-0.15, -0.1) is 0 Å². The molecule has 1 saturated heterocycles. The van der Waals surface area contributed by atoms with Gasteiger partial charge in [0.15, 0.2) is 0 Å². The predicted molar refractivity (Wildman–Crippen MR) is 48.7 cm³/mol. The average molecular weight is 201 g/mol. The van der Waals surface area contributed by atoms with E-state index in [1.165, 1.54) is 4.90 Å². The minimum Gasteiger partial charge on any atom is -0.481 e. The van der Waals surface area contributed by atoms with E-state index in [4.69, 9.17) is 5.11 Å². The molecule has 0 bridgehead atoms. The van der Waals surface area contributed by atoms with Gasteiger partial charge in [0.1, 0.15) is 0 Å². The second-order valence-electron chi connectivity index (χ2n) is 3.56. The Morgan fingerprint density at radius 3 is 2.71 bits per heavy atom. The number of hydrogen-bond donors (Lipinski definition) is 2. The summed E-state index contributed by atoms with van der Waals surface area (Å²) in [5.41, 5.74) is 0. The lowest BCUT2D eigenvalue weighted by Gasteiger charge is -2.25. The maximum absolute atomic E-state index is 11.3. The molecule has 0 saturated carbocycles. The molecule has 1 heterocycles. The molecule has 14 heavy (non-hydrogen) atoms. The van der Waals surface area contributed by atoms with Crippen molar-refractivity contribution < 1.29 is 19.8 Å². The number of aliphatic carboxylic acids is 1. The van der Waals surface area contributed by atoms with Crippen LogP contribution in [0.2, 0.25) is 0 Å². The van der Waals surface area contributed by atoms with Crippen molar-refractivity contribution in [1.82, 2.24) is 4.90 Å². The number of carbonyl (C=O) groups excluding carboxylic acids is 1. The molecule has 5 nitrogen and oxygen atoms in total. The van der Waals surface area contributed by atoms with E-state index in [0.717, 1.165) is 0 Å². The molecular formula is C9H15NO4. The van der Waals surface area contributed by atoms with E-state index < -0.39 is 12.1 Å². The average Bonchev–Trinajstić information content (AvgIpc) is 2.41. The molecule has 2 unspecified atom stereocenters. The summed E-state index contributed by atoms with van der Waals surface area (Å²) in [6, 6.07) is -0.280. The smallest absolute Gasteiger partial charge is 0.305 e. The number of carbonyl (C=O) groups is 2. The zero-order valence-electron chi connectivity index (χ0n) is 8.14. The maximum atomic E-state index is 11.3. The second-order valence-corrected chi connectivity index (χ2v) is 3.56. The Morgan fingerprint density at radius 1 is 1.71 bits per heavy atom. The Kier molecular flexibility index (Phi) is 3.46. The van der Waals surface area contributed by atoms with Crippen LogP contribution >= 0.6 is 0 Å². The first kappa shape index (κ1) is 11.0. The first-order chi connectivity index (χ1) is 6.54. The quantitative estimate of drug-likeness (QED) is 0.662. The van der Waals surface area contributed by atoms with Gasteiger partial charge in [0.05, 0.1) is 18.9 Å². The summed E-state index contributed by atoms with van der Waals surface area (Å²) < 4.78 is 0. The summed E-state index contributed by atoms with van der Waals surface area (Å²) in [5.74, 6) is -1.06. The standard InChI is InChI=1S/C9H15NO4/c1-2-6(3-9(13)14)10-5-7(11)4-8(10)12/h6-7,11H,2-5H2,1H3,(H,13,14). The van der Waals surface area contributed by atoms with E-state index in [9.17, 15) is 14.7 Å². The first-order valence-electron chi connectivity index (χ1n) is 4.74. The van der Waals surface area contributed by atoms with Crippen LogP contribution in [-0.4, -0.2) is 45.7 Å². The summed E-state index contributed by atoms with van der Waals surface area (Å²) in [6.45, 7) is 2.11. The number of aliphatic hydroxyl groups excluding tert-OH is 1. The molecule has 0 aromatic heterocycles. The number of nitrogens with zero attached hydrogens (tertiary/aromatic N) is 1. The third-order valence-electron chi connectivity index (χ3n) is 2.46. The second kappa shape index (κ2) is 4.41. The van der Waals surface area contributed by atoms with Gasteiger partial charge in [-0.1, -0.05) is 6.92 Å². The van der Waals surface area contributed by atoms with Crippen LogP contribution < -0.4 is 0 Å². The van der Waals surface area contributed by atoms with Crippen LogP contribution in [0.4, 0.5) is 0 Å². The molecule has 5 heteroatoms. The third kappa shape index (κ3) is 2.45. The topological polar surface area (TPSA) is 77.8 Å². The highest BCUT2D eigenvalue weighted by Crippen LogP contribution is 2.18. The molecular weight excluding hydrogens is 186 g/mol. The monoisotopic (exact) mass is 201 g/mol. The fraction of sp³-hybridized carbons (Fsp3) is 0.778. The van der Waals surface area contributed by atoms with Gasteiger partial charge >= 0.3 is 5.97 Å². The molecule has 80 valence electrons. The van der Waals surface area contributed by atoms with Gasteiger partial charge in [-0.2, -0.15) is 0 Å². The number of hydrogen-bond acceptors (Lipinski definition) is 3. The zero-order chi connectivity index (χ0) is 10.7. The molecule has 0 radical (unpaired) electrons. The summed E-state index contributed by atoms with van der Waals surface area (Å²) in [6.07, 6.45) is 0.0425. The van der Waals surface area contributed by atoms with E-state index >= 15 is 0 Å². The van der Waals surface area contributed by atoms with Crippen LogP contribution in [0.5, 0.6) is 0 Å². The van der Waals surface area contributed by atoms with Crippen LogP contribution in [0.1, 0.15) is 26.2 Å². The minimum atomic E-state index is -0.911. The van der Waals surface area contributed by atoms with Crippen molar-refractivity contribution in [2.45, 2.75) is 38.3 Å². The summed E-state index contributed by atoms with van der Waals surface area (Å²) in [5, 5.41) is 17.9. The van der Waals surface area contributed by atoms with Crippen LogP contribution in [0.3, 0.4) is 0 Å². The van der Waals surface area contributed by atoms with Crippen LogP contribution in [0.25, 0.3) is 0 Å². The normalized spacial score (nSPS) is 24.0. The molecule has 0 spiro atoms. The van der Waals surface area contributed by atoms with Crippen LogP contribution in [-0.2, 0) is 9.59 Å². The van der Waals surface area contributed by atoms with Crippen LogP contribution in [0.15, 0.2) is 0 Å². The third-order valence-corrected chi connectivity index (χ3v) is 2.46. The van der Waals surface area contributed by atoms with Gasteiger partial charge in [-0.05, 0) is 6.42 Å². The van der Waals surface area contributed by atoms with Crippen molar-refractivity contribution in [1.29, 1.82) is 0 Å². The summed E-state index contributed by atoms with van der Waals surface area (Å²) in [4.78, 5) is 23.3. The Labute approximate surface area is 82.3 Å². The number of carboxylic acid groups (broad SMARTS) is 1. The van der Waals surface area contributed by atoms with E-state index in [-0.39, 0.29) is 31.3 Å². The van der Waals surface area contributed by atoms with E-state index in [2.05, 4.69) is 0 Å². The van der Waals surface area contributed by atoms with Crippen molar-refractivity contribution >= 4 is 11.9 Å². The molecule has 0 aromatic rings. The number of aliphatic hydroxyl groups is 1. The molecule has 2 N–H and O–H groups in total. The Bertz CT molecular complexity index is 241. The van der Waals surface area contributed by atoms with Crippen molar-refractivity contribution in [3.63, 3.8) is 0 Å². The Balaban J connectivity index is 2.60. The molecule has 1 rings (SSSR count). The van der Waals surface area contributed by atoms with Crippen molar-refractivity contribution in [3.05, 3.63) is 0 Å². The van der Waals surface area contributed by atoms with Crippen molar-refractivity contribution in [3.8, 4) is 0 Å². The SMILES string of the molecule is CCC(CC(=O)O)N1CC(O)CC1=O. The number of carboxylic acids is 1. The van der Waals surface area contributed by atoms with E-state index in [1.54, 1.807) is 0 Å². The van der Waals surface area contributed by atoms with Crippen molar-refractivity contribution in [2.24, 2.45) is 0 Å². The van der Waals surface area contributed by atoms with Gasteiger partial charge in [-0.25, -0.2) is 0 Å². The predicted octanol–water partition coefficient (Wildman–Crippen LogP) is -0.167. The highest BCUT2D eigenvalue weighted by Gasteiger charge is 2.33. The molecule has 0 aromatic carbocycles. The zero-order valence-corrected chi connectivity index (χ0v) is 8.14. The van der Waals surface area contributed by atoms with Crippen LogP contribution in [0, 0.1) is 0 Å². The minimum absolute atomic E-state index is 0.0467. The molecule has 1 aliphatic rings. The molecule has 1 fully saturated rings. The van der Waals surface area contributed by atoms with Gasteiger partial charge < -0.3 is 15.1 Å². The molecule has 1 aliphatic heterocycles. The summed E-state index contributed by atoms with van der Waals surface area (Å²) >= 11 is 0. The molecule has 1 amide bonds. The lowest BCUT2D eigenvalue weighted by molar-refractivity contribution is -0.139. The van der Waals surface area contributed by atoms with E-state index in [0.29, 0.717) is 6.42 Å².